The van der Waals surface area contributed by atoms with Crippen molar-refractivity contribution >= 4 is 21.7 Å². The molecule has 8 heteroatoms. The van der Waals surface area contributed by atoms with Crippen molar-refractivity contribution in [3.63, 3.8) is 0 Å². The van der Waals surface area contributed by atoms with Crippen molar-refractivity contribution in [2.75, 3.05) is 17.1 Å². The lowest BCUT2D eigenvalue weighted by molar-refractivity contribution is 0.0690. The second-order valence-electron chi connectivity index (χ2n) is 4.25. The number of carboxylic acids is 1. The molecule has 0 aromatic carbocycles. The van der Waals surface area contributed by atoms with E-state index in [1.165, 1.54) is 18.3 Å². The van der Waals surface area contributed by atoms with Gasteiger partial charge < -0.3 is 9.84 Å². The van der Waals surface area contributed by atoms with E-state index in [4.69, 9.17) is 9.84 Å². The lowest BCUT2D eigenvalue weighted by atomic mass is 10.3. The fraction of sp³-hybridized carbons (Fsp3) is 0.455. The molecule has 0 spiro atoms. The first-order valence-electron chi connectivity index (χ1n) is 5.78. The highest BCUT2D eigenvalue weighted by atomic mass is 32.2. The number of nitrogens with zero attached hydrogens (tertiary/aromatic N) is 1. The quantitative estimate of drug-likeness (QED) is 0.825. The number of hydrogen-bond donors (Lipinski definition) is 2. The highest BCUT2D eigenvalue weighted by Crippen LogP contribution is 2.16. The van der Waals surface area contributed by atoms with Crippen molar-refractivity contribution in [2.45, 2.75) is 18.9 Å². The summed E-state index contributed by atoms with van der Waals surface area (Å²) in [4.78, 5) is 14.4. The molecule has 0 radical (unpaired) electrons. The van der Waals surface area contributed by atoms with E-state index in [0.29, 0.717) is 6.61 Å². The Hall–Kier alpha value is -1.67. The van der Waals surface area contributed by atoms with Crippen LogP contribution < -0.4 is 4.72 Å². The molecule has 1 saturated heterocycles. The van der Waals surface area contributed by atoms with Gasteiger partial charge in [-0.1, -0.05) is 0 Å². The average Bonchev–Trinajstić information content (AvgIpc) is 2.80. The summed E-state index contributed by atoms with van der Waals surface area (Å²) in [6.45, 7) is 0.582. The normalized spacial score (nSPS) is 19.3. The molecule has 1 aliphatic heterocycles. The molecule has 19 heavy (non-hydrogen) atoms. The van der Waals surface area contributed by atoms with Crippen molar-refractivity contribution in [3.05, 3.63) is 24.0 Å². The van der Waals surface area contributed by atoms with E-state index in [-0.39, 0.29) is 23.2 Å². The number of sulfonamides is 1. The third-order valence-electron chi connectivity index (χ3n) is 2.68. The maximum absolute atomic E-state index is 11.9. The number of hydrogen-bond acceptors (Lipinski definition) is 5. The third kappa shape index (κ3) is 3.90. The smallest absolute Gasteiger partial charge is 0.354 e. The molecule has 0 saturated carbocycles. The van der Waals surface area contributed by atoms with Crippen LogP contribution in [0.15, 0.2) is 18.3 Å². The molecular formula is C11H14N2O5S. The van der Waals surface area contributed by atoms with Gasteiger partial charge >= 0.3 is 5.97 Å². The number of rotatable bonds is 5. The molecule has 0 bridgehead atoms. The zero-order valence-electron chi connectivity index (χ0n) is 10.1. The Bertz CT molecular complexity index is 566. The van der Waals surface area contributed by atoms with Crippen molar-refractivity contribution in [1.82, 2.24) is 4.98 Å². The van der Waals surface area contributed by atoms with E-state index in [0.717, 1.165) is 12.8 Å². The number of carboxylic acid groups (broad SMARTS) is 1. The van der Waals surface area contributed by atoms with Gasteiger partial charge in [0.2, 0.25) is 10.0 Å². The van der Waals surface area contributed by atoms with Crippen LogP contribution in [0.25, 0.3) is 0 Å². The van der Waals surface area contributed by atoms with Crippen LogP contribution in [0.1, 0.15) is 23.3 Å². The predicted octanol–water partition coefficient (Wildman–Crippen LogP) is 0.700. The average molecular weight is 286 g/mol. The molecular weight excluding hydrogens is 272 g/mol. The fourth-order valence-corrected chi connectivity index (χ4v) is 3.17. The molecule has 1 unspecified atom stereocenters. The number of nitrogens with one attached hydrogen (secondary N) is 1. The van der Waals surface area contributed by atoms with E-state index < -0.39 is 16.0 Å². The van der Waals surface area contributed by atoms with Gasteiger partial charge in [-0.2, -0.15) is 0 Å². The van der Waals surface area contributed by atoms with Gasteiger partial charge in [-0.05, 0) is 25.0 Å². The monoisotopic (exact) mass is 286 g/mol. The standard InChI is InChI=1S/C11H14N2O5S/c14-11(15)10-6-8(3-4-12-10)13-19(16,17)7-9-2-1-5-18-9/h3-4,6,9H,1-2,5,7H2,(H,12,13)(H,14,15). The lowest BCUT2D eigenvalue weighted by Gasteiger charge is -2.12. The Morgan fingerprint density at radius 2 is 2.37 bits per heavy atom. The van der Waals surface area contributed by atoms with Gasteiger partial charge in [0.1, 0.15) is 5.69 Å². The second kappa shape index (κ2) is 5.54. The van der Waals surface area contributed by atoms with Crippen LogP contribution in [0.3, 0.4) is 0 Å². The molecule has 0 aliphatic carbocycles. The number of pyridine rings is 1. The van der Waals surface area contributed by atoms with Crippen molar-refractivity contribution in [3.8, 4) is 0 Å². The Morgan fingerprint density at radius 1 is 1.58 bits per heavy atom. The van der Waals surface area contributed by atoms with Crippen LogP contribution in [0.2, 0.25) is 0 Å². The Labute approximate surface area is 110 Å². The van der Waals surface area contributed by atoms with Crippen molar-refractivity contribution in [1.29, 1.82) is 0 Å². The highest BCUT2D eigenvalue weighted by molar-refractivity contribution is 7.92. The number of anilines is 1. The highest BCUT2D eigenvalue weighted by Gasteiger charge is 2.23. The number of aromatic carboxylic acids is 1. The van der Waals surface area contributed by atoms with Crippen LogP contribution in [-0.4, -0.2) is 42.9 Å². The van der Waals surface area contributed by atoms with Crippen molar-refractivity contribution in [2.24, 2.45) is 0 Å². The van der Waals surface area contributed by atoms with E-state index in [2.05, 4.69) is 9.71 Å². The third-order valence-corrected chi connectivity index (χ3v) is 4.04. The Balaban J connectivity index is 2.06. The molecule has 1 aromatic heterocycles. The van der Waals surface area contributed by atoms with Gasteiger partial charge in [0, 0.05) is 12.8 Å². The minimum absolute atomic E-state index is 0.127. The number of ether oxygens (including phenoxy) is 1. The zero-order valence-corrected chi connectivity index (χ0v) is 10.9. The summed E-state index contributed by atoms with van der Waals surface area (Å²) in [7, 11) is -3.56. The van der Waals surface area contributed by atoms with Crippen LogP contribution in [-0.2, 0) is 14.8 Å². The van der Waals surface area contributed by atoms with Crippen LogP contribution in [0, 0.1) is 0 Å². The van der Waals surface area contributed by atoms with Gasteiger partial charge in [-0.3, -0.25) is 4.72 Å². The van der Waals surface area contributed by atoms with E-state index in [1.54, 1.807) is 0 Å². The zero-order chi connectivity index (χ0) is 13.9. The molecule has 2 rings (SSSR count). The molecule has 2 heterocycles. The van der Waals surface area contributed by atoms with E-state index in [1.807, 2.05) is 0 Å². The van der Waals surface area contributed by atoms with Crippen molar-refractivity contribution < 1.29 is 23.1 Å². The number of aromatic nitrogens is 1. The summed E-state index contributed by atoms with van der Waals surface area (Å²) in [5.74, 6) is -1.34. The first-order valence-corrected chi connectivity index (χ1v) is 7.43. The van der Waals surface area contributed by atoms with E-state index in [9.17, 15) is 13.2 Å². The van der Waals surface area contributed by atoms with Gasteiger partial charge in [0.15, 0.2) is 0 Å². The van der Waals surface area contributed by atoms with Crippen LogP contribution in [0.5, 0.6) is 0 Å². The summed E-state index contributed by atoms with van der Waals surface area (Å²) in [6.07, 6.45) is 2.53. The largest absolute Gasteiger partial charge is 0.477 e. The van der Waals surface area contributed by atoms with Gasteiger partial charge in [0.05, 0.1) is 17.5 Å². The molecule has 104 valence electrons. The SMILES string of the molecule is O=C(O)c1cc(NS(=O)(=O)CC2CCCO2)ccn1. The molecule has 7 nitrogen and oxygen atoms in total. The number of carbonyl (C=O) groups is 1. The fourth-order valence-electron chi connectivity index (χ4n) is 1.85. The summed E-state index contributed by atoms with van der Waals surface area (Å²) < 4.78 is 31.3. The first kappa shape index (κ1) is 13.8. The summed E-state index contributed by atoms with van der Waals surface area (Å²) >= 11 is 0. The molecule has 1 aliphatic rings. The topological polar surface area (TPSA) is 106 Å². The first-order chi connectivity index (χ1) is 8.96. The van der Waals surface area contributed by atoms with Gasteiger partial charge in [0.25, 0.3) is 0 Å². The minimum atomic E-state index is -3.56. The summed E-state index contributed by atoms with van der Waals surface area (Å²) in [5, 5.41) is 8.78. The second-order valence-corrected chi connectivity index (χ2v) is 6.02. The Kier molecular flexibility index (Phi) is 4.01. The van der Waals surface area contributed by atoms with Gasteiger partial charge in [-0.15, -0.1) is 0 Å². The van der Waals surface area contributed by atoms with Crippen LogP contribution in [0.4, 0.5) is 5.69 Å². The van der Waals surface area contributed by atoms with Crippen LogP contribution >= 0.6 is 0 Å². The lowest BCUT2D eigenvalue weighted by Crippen LogP contribution is -2.25. The molecule has 2 N–H and O–H groups in total. The summed E-state index contributed by atoms with van der Waals surface area (Å²) in [5.41, 5.74) is -0.0253. The molecule has 0 amide bonds. The minimum Gasteiger partial charge on any atom is -0.477 e. The summed E-state index contributed by atoms with van der Waals surface area (Å²) in [6, 6.07) is 2.58. The maximum Gasteiger partial charge on any atom is 0.354 e. The Morgan fingerprint density at radius 3 is 3.00 bits per heavy atom. The molecule has 1 aromatic rings. The molecule has 1 fully saturated rings. The molecule has 1 atom stereocenters. The van der Waals surface area contributed by atoms with Gasteiger partial charge in [-0.25, -0.2) is 18.2 Å². The maximum atomic E-state index is 11.9. The predicted molar refractivity (Wildman–Crippen MR) is 67.6 cm³/mol. The van der Waals surface area contributed by atoms with E-state index >= 15 is 0 Å².